The fourth-order valence-electron chi connectivity index (χ4n) is 2.50. The zero-order valence-electron chi connectivity index (χ0n) is 10.4. The van der Waals surface area contributed by atoms with Crippen LogP contribution in [0.5, 0.6) is 0 Å². The Kier molecular flexibility index (Phi) is 3.11. The topological polar surface area (TPSA) is 38.9 Å². The van der Waals surface area contributed by atoms with E-state index in [1.165, 1.54) is 30.4 Å². The van der Waals surface area contributed by atoms with Gasteiger partial charge in [-0.3, -0.25) is 4.98 Å². The van der Waals surface area contributed by atoms with Gasteiger partial charge in [0.25, 0.3) is 0 Å². The van der Waals surface area contributed by atoms with Crippen molar-refractivity contribution in [2.45, 2.75) is 31.2 Å². The number of hydrogen-bond acceptors (Lipinski definition) is 2. The molecule has 0 spiro atoms. The zero-order valence-corrected chi connectivity index (χ0v) is 10.4. The molecule has 2 heteroatoms. The highest BCUT2D eigenvalue weighted by atomic mass is 14.7. The van der Waals surface area contributed by atoms with Crippen LogP contribution in [0.25, 0.3) is 0 Å². The Morgan fingerprint density at radius 1 is 1.11 bits per heavy atom. The molecule has 0 saturated heterocycles. The van der Waals surface area contributed by atoms with Gasteiger partial charge in [-0.15, -0.1) is 0 Å². The monoisotopic (exact) mass is 238 g/mol. The minimum absolute atomic E-state index is 0.0706. The predicted molar refractivity (Wildman–Crippen MR) is 73.3 cm³/mol. The number of nitrogens with two attached hydrogens (primary N) is 1. The summed E-state index contributed by atoms with van der Waals surface area (Å²) in [5.74, 6) is 0.756. The van der Waals surface area contributed by atoms with Crippen molar-refractivity contribution in [2.24, 2.45) is 5.73 Å². The van der Waals surface area contributed by atoms with Gasteiger partial charge in [-0.05, 0) is 41.5 Å². The van der Waals surface area contributed by atoms with Crippen molar-refractivity contribution in [3.63, 3.8) is 0 Å². The van der Waals surface area contributed by atoms with Crippen LogP contribution in [0.1, 0.15) is 47.9 Å². The first-order valence-electron chi connectivity index (χ1n) is 6.60. The van der Waals surface area contributed by atoms with Crippen LogP contribution in [0, 0.1) is 0 Å². The van der Waals surface area contributed by atoms with Crippen molar-refractivity contribution < 1.29 is 0 Å². The van der Waals surface area contributed by atoms with Crippen LogP contribution >= 0.6 is 0 Å². The van der Waals surface area contributed by atoms with E-state index in [1.807, 2.05) is 18.3 Å². The van der Waals surface area contributed by atoms with Gasteiger partial charge in [-0.25, -0.2) is 0 Å². The van der Waals surface area contributed by atoms with Gasteiger partial charge in [0.1, 0.15) is 0 Å². The first kappa shape index (κ1) is 11.4. The van der Waals surface area contributed by atoms with E-state index in [0.29, 0.717) is 0 Å². The minimum Gasteiger partial charge on any atom is -0.320 e. The van der Waals surface area contributed by atoms with Crippen molar-refractivity contribution in [3.05, 3.63) is 65.5 Å². The number of benzene rings is 1. The molecule has 2 N–H and O–H groups in total. The summed E-state index contributed by atoms with van der Waals surface area (Å²) in [4.78, 5) is 4.14. The van der Waals surface area contributed by atoms with Crippen molar-refractivity contribution in [3.8, 4) is 0 Å². The molecule has 0 radical (unpaired) electrons. The summed E-state index contributed by atoms with van der Waals surface area (Å²) in [6.07, 6.45) is 7.64. The van der Waals surface area contributed by atoms with Gasteiger partial charge in [0, 0.05) is 12.4 Å². The number of aromatic nitrogens is 1. The molecule has 2 nitrogen and oxygen atoms in total. The van der Waals surface area contributed by atoms with Gasteiger partial charge in [0.2, 0.25) is 0 Å². The molecule has 1 aromatic heterocycles. The standard InChI is InChI=1S/C16H18N2/c17-16(15-8-3-9-18-11-15)14-7-2-6-13(10-14)12-4-1-5-12/h2-3,6-12,16H,1,4-5,17H2. The maximum atomic E-state index is 6.30. The molecule has 0 amide bonds. The van der Waals surface area contributed by atoms with Gasteiger partial charge in [-0.1, -0.05) is 36.8 Å². The molecule has 0 aliphatic heterocycles. The Balaban J connectivity index is 1.87. The summed E-state index contributed by atoms with van der Waals surface area (Å²) in [5, 5.41) is 0. The van der Waals surface area contributed by atoms with Crippen LogP contribution in [0.15, 0.2) is 48.8 Å². The fraction of sp³-hybridized carbons (Fsp3) is 0.312. The highest BCUT2D eigenvalue weighted by Crippen LogP contribution is 2.37. The van der Waals surface area contributed by atoms with E-state index < -0.39 is 0 Å². The second-order valence-corrected chi connectivity index (χ2v) is 5.06. The molecule has 1 heterocycles. The second-order valence-electron chi connectivity index (χ2n) is 5.06. The third kappa shape index (κ3) is 2.16. The van der Waals surface area contributed by atoms with Crippen LogP contribution in [0.2, 0.25) is 0 Å². The molecule has 1 saturated carbocycles. The van der Waals surface area contributed by atoms with Gasteiger partial charge < -0.3 is 5.73 Å². The molecule has 1 aromatic carbocycles. The normalized spacial score (nSPS) is 17.2. The lowest BCUT2D eigenvalue weighted by Crippen LogP contribution is -2.14. The summed E-state index contributed by atoms with van der Waals surface area (Å²) in [5.41, 5.74) is 10.0. The van der Waals surface area contributed by atoms with Crippen LogP contribution in [0.4, 0.5) is 0 Å². The number of pyridine rings is 1. The Hall–Kier alpha value is -1.67. The fourth-order valence-corrected chi connectivity index (χ4v) is 2.50. The molecule has 92 valence electrons. The molecule has 1 fully saturated rings. The van der Waals surface area contributed by atoms with E-state index in [9.17, 15) is 0 Å². The van der Waals surface area contributed by atoms with E-state index in [4.69, 9.17) is 5.73 Å². The average molecular weight is 238 g/mol. The maximum absolute atomic E-state index is 6.30. The molecule has 1 unspecified atom stereocenters. The third-order valence-corrected chi connectivity index (χ3v) is 3.89. The van der Waals surface area contributed by atoms with E-state index >= 15 is 0 Å². The second kappa shape index (κ2) is 4.91. The molecular formula is C16H18N2. The molecular weight excluding hydrogens is 220 g/mol. The maximum Gasteiger partial charge on any atom is 0.0567 e. The van der Waals surface area contributed by atoms with Gasteiger partial charge in [0.15, 0.2) is 0 Å². The molecule has 18 heavy (non-hydrogen) atoms. The first-order chi connectivity index (χ1) is 8.84. The van der Waals surface area contributed by atoms with E-state index in [-0.39, 0.29) is 6.04 Å². The van der Waals surface area contributed by atoms with Crippen molar-refractivity contribution in [1.29, 1.82) is 0 Å². The third-order valence-electron chi connectivity index (χ3n) is 3.89. The lowest BCUT2D eigenvalue weighted by atomic mass is 9.79. The van der Waals surface area contributed by atoms with Crippen LogP contribution < -0.4 is 5.73 Å². The largest absolute Gasteiger partial charge is 0.320 e. The summed E-state index contributed by atoms with van der Waals surface area (Å²) in [6.45, 7) is 0. The van der Waals surface area contributed by atoms with Crippen LogP contribution in [0.3, 0.4) is 0 Å². The molecule has 1 atom stereocenters. The molecule has 0 bridgehead atoms. The van der Waals surface area contributed by atoms with Crippen LogP contribution in [-0.2, 0) is 0 Å². The highest BCUT2D eigenvalue weighted by molar-refractivity contribution is 5.34. The Morgan fingerprint density at radius 3 is 2.61 bits per heavy atom. The molecule has 3 rings (SSSR count). The zero-order chi connectivity index (χ0) is 12.4. The Bertz CT molecular complexity index is 518. The number of hydrogen-bond donors (Lipinski definition) is 1. The summed E-state index contributed by atoms with van der Waals surface area (Å²) in [6, 6.07) is 12.6. The van der Waals surface area contributed by atoms with E-state index in [2.05, 4.69) is 29.2 Å². The van der Waals surface area contributed by atoms with Crippen molar-refractivity contribution in [2.75, 3.05) is 0 Å². The molecule has 1 aliphatic carbocycles. The quantitative estimate of drug-likeness (QED) is 0.890. The van der Waals surface area contributed by atoms with Crippen molar-refractivity contribution in [1.82, 2.24) is 4.98 Å². The summed E-state index contributed by atoms with van der Waals surface area (Å²) < 4.78 is 0. The average Bonchev–Trinajstić information content (AvgIpc) is 2.37. The summed E-state index contributed by atoms with van der Waals surface area (Å²) in [7, 11) is 0. The Labute approximate surface area is 108 Å². The van der Waals surface area contributed by atoms with Gasteiger partial charge in [-0.2, -0.15) is 0 Å². The van der Waals surface area contributed by atoms with Gasteiger partial charge >= 0.3 is 0 Å². The smallest absolute Gasteiger partial charge is 0.0567 e. The number of rotatable bonds is 3. The van der Waals surface area contributed by atoms with Crippen LogP contribution in [-0.4, -0.2) is 4.98 Å². The van der Waals surface area contributed by atoms with E-state index in [1.54, 1.807) is 6.20 Å². The molecule has 1 aliphatic rings. The first-order valence-corrected chi connectivity index (χ1v) is 6.60. The Morgan fingerprint density at radius 2 is 1.94 bits per heavy atom. The van der Waals surface area contributed by atoms with Crippen molar-refractivity contribution >= 4 is 0 Å². The predicted octanol–water partition coefficient (Wildman–Crippen LogP) is 3.40. The SMILES string of the molecule is NC(c1cccnc1)c1cccc(C2CCC2)c1. The molecule has 2 aromatic rings. The lowest BCUT2D eigenvalue weighted by molar-refractivity contribution is 0.419. The number of nitrogens with zero attached hydrogens (tertiary/aromatic N) is 1. The van der Waals surface area contributed by atoms with Gasteiger partial charge in [0.05, 0.1) is 6.04 Å². The minimum atomic E-state index is -0.0706. The van der Waals surface area contributed by atoms with E-state index in [0.717, 1.165) is 11.5 Å². The summed E-state index contributed by atoms with van der Waals surface area (Å²) >= 11 is 0. The highest BCUT2D eigenvalue weighted by Gasteiger charge is 2.20. The lowest BCUT2D eigenvalue weighted by Gasteiger charge is -2.26.